The van der Waals surface area contributed by atoms with Crippen LogP contribution in [0.25, 0.3) is 16.8 Å². The quantitative estimate of drug-likeness (QED) is 0.523. The molecule has 22 heavy (non-hydrogen) atoms. The zero-order valence-corrected chi connectivity index (χ0v) is 12.3. The van der Waals surface area contributed by atoms with E-state index in [4.69, 9.17) is 4.74 Å². The third kappa shape index (κ3) is 3.15. The second kappa shape index (κ2) is 7.09. The average Bonchev–Trinajstić information content (AvgIpc) is 2.57. The summed E-state index contributed by atoms with van der Waals surface area (Å²) in [5.74, 6) is 0.181. The maximum atomic E-state index is 12.0. The monoisotopic (exact) mass is 292 g/mol. The zero-order chi connectivity index (χ0) is 15.9. The molecule has 0 heterocycles. The van der Waals surface area contributed by atoms with Gasteiger partial charge in [0.2, 0.25) is 0 Å². The molecule has 1 N–H and O–H groups in total. The zero-order valence-electron chi connectivity index (χ0n) is 12.3. The van der Waals surface area contributed by atoms with Crippen molar-refractivity contribution in [2.24, 2.45) is 0 Å². The van der Waals surface area contributed by atoms with Crippen molar-refractivity contribution < 1.29 is 9.53 Å². The Bertz CT molecular complexity index is 785. The molecule has 0 aliphatic rings. The van der Waals surface area contributed by atoms with Gasteiger partial charge in [0.1, 0.15) is 17.4 Å². The fraction of sp³-hybridized carbons (Fsp3) is 0.111. The SMILES string of the molecule is C=CCNC(=O)/C(C#N)=C/c1c(OC)ccc2ccccc12. The molecule has 0 saturated carbocycles. The molecule has 0 aromatic heterocycles. The van der Waals surface area contributed by atoms with Gasteiger partial charge in [-0.1, -0.05) is 36.4 Å². The molecule has 0 spiro atoms. The molecule has 0 atom stereocenters. The second-order valence-corrected chi connectivity index (χ2v) is 4.57. The van der Waals surface area contributed by atoms with Crippen LogP contribution in [0.4, 0.5) is 0 Å². The molecule has 4 heteroatoms. The summed E-state index contributed by atoms with van der Waals surface area (Å²) < 4.78 is 5.36. The molecule has 0 aliphatic carbocycles. The van der Waals surface area contributed by atoms with E-state index in [0.29, 0.717) is 17.9 Å². The summed E-state index contributed by atoms with van der Waals surface area (Å²) in [5, 5.41) is 13.8. The molecule has 1 amide bonds. The van der Waals surface area contributed by atoms with E-state index in [-0.39, 0.29) is 5.57 Å². The number of fused-ring (bicyclic) bond motifs is 1. The Morgan fingerprint density at radius 3 is 2.82 bits per heavy atom. The third-order valence-electron chi connectivity index (χ3n) is 3.21. The fourth-order valence-electron chi connectivity index (χ4n) is 2.16. The first kappa shape index (κ1) is 15.3. The normalized spacial score (nSPS) is 10.8. The van der Waals surface area contributed by atoms with Crippen LogP contribution >= 0.6 is 0 Å². The van der Waals surface area contributed by atoms with Crippen molar-refractivity contribution in [3.63, 3.8) is 0 Å². The van der Waals surface area contributed by atoms with E-state index in [2.05, 4.69) is 11.9 Å². The van der Waals surface area contributed by atoms with Gasteiger partial charge in [-0.05, 0) is 22.9 Å². The Balaban J connectivity index is 2.57. The first-order chi connectivity index (χ1) is 10.7. The molecule has 2 aromatic carbocycles. The smallest absolute Gasteiger partial charge is 0.262 e. The van der Waals surface area contributed by atoms with Crippen LogP contribution in [-0.2, 0) is 4.79 Å². The Kier molecular flexibility index (Phi) is 4.94. The van der Waals surface area contributed by atoms with Crippen molar-refractivity contribution in [3.8, 4) is 11.8 Å². The highest BCUT2D eigenvalue weighted by Gasteiger charge is 2.12. The van der Waals surface area contributed by atoms with Gasteiger partial charge >= 0.3 is 0 Å². The molecule has 0 saturated heterocycles. The van der Waals surface area contributed by atoms with E-state index in [1.54, 1.807) is 19.3 Å². The van der Waals surface area contributed by atoms with E-state index < -0.39 is 5.91 Å². The van der Waals surface area contributed by atoms with Crippen LogP contribution in [0, 0.1) is 11.3 Å². The van der Waals surface area contributed by atoms with Gasteiger partial charge in [0, 0.05) is 12.1 Å². The number of nitrogens with one attached hydrogen (secondary N) is 1. The highest BCUT2D eigenvalue weighted by atomic mass is 16.5. The number of ether oxygens (including phenoxy) is 1. The maximum Gasteiger partial charge on any atom is 0.262 e. The van der Waals surface area contributed by atoms with Crippen molar-refractivity contribution in [2.75, 3.05) is 13.7 Å². The Morgan fingerprint density at radius 1 is 1.36 bits per heavy atom. The second-order valence-electron chi connectivity index (χ2n) is 4.57. The topological polar surface area (TPSA) is 62.1 Å². The highest BCUT2D eigenvalue weighted by molar-refractivity contribution is 6.05. The van der Waals surface area contributed by atoms with Gasteiger partial charge in [-0.3, -0.25) is 4.79 Å². The summed E-state index contributed by atoms with van der Waals surface area (Å²) in [7, 11) is 1.56. The lowest BCUT2D eigenvalue weighted by Crippen LogP contribution is -2.24. The highest BCUT2D eigenvalue weighted by Crippen LogP contribution is 2.30. The molecular weight excluding hydrogens is 276 g/mol. The molecule has 110 valence electrons. The predicted molar refractivity (Wildman–Crippen MR) is 87.3 cm³/mol. The molecule has 0 radical (unpaired) electrons. The summed E-state index contributed by atoms with van der Waals surface area (Å²) in [6.45, 7) is 3.84. The van der Waals surface area contributed by atoms with Crippen molar-refractivity contribution in [1.29, 1.82) is 5.26 Å². The van der Waals surface area contributed by atoms with Crippen molar-refractivity contribution in [3.05, 3.63) is 60.2 Å². The average molecular weight is 292 g/mol. The van der Waals surface area contributed by atoms with Crippen LogP contribution < -0.4 is 10.1 Å². The Labute approximate surface area is 129 Å². The number of rotatable bonds is 5. The van der Waals surface area contributed by atoms with Crippen LogP contribution in [0.3, 0.4) is 0 Å². The van der Waals surface area contributed by atoms with E-state index in [9.17, 15) is 10.1 Å². The minimum atomic E-state index is -0.433. The van der Waals surface area contributed by atoms with Gasteiger partial charge in [-0.2, -0.15) is 5.26 Å². The van der Waals surface area contributed by atoms with Crippen LogP contribution in [0.5, 0.6) is 5.75 Å². The number of methoxy groups -OCH3 is 1. The predicted octanol–water partition coefficient (Wildman–Crippen LogP) is 3.06. The van der Waals surface area contributed by atoms with Crippen LogP contribution in [0.2, 0.25) is 0 Å². The van der Waals surface area contributed by atoms with Gasteiger partial charge in [0.15, 0.2) is 0 Å². The number of nitriles is 1. The van der Waals surface area contributed by atoms with Gasteiger partial charge < -0.3 is 10.1 Å². The first-order valence-corrected chi connectivity index (χ1v) is 6.78. The molecule has 2 aromatic rings. The van der Waals surface area contributed by atoms with Crippen LogP contribution in [0.15, 0.2) is 54.6 Å². The lowest BCUT2D eigenvalue weighted by Gasteiger charge is -2.09. The molecule has 0 bridgehead atoms. The molecule has 2 rings (SSSR count). The van der Waals surface area contributed by atoms with Crippen LogP contribution in [0.1, 0.15) is 5.56 Å². The largest absolute Gasteiger partial charge is 0.496 e. The van der Waals surface area contributed by atoms with Crippen molar-refractivity contribution in [1.82, 2.24) is 5.32 Å². The summed E-state index contributed by atoms with van der Waals surface area (Å²) >= 11 is 0. The minimum absolute atomic E-state index is 0.0245. The number of hydrogen-bond donors (Lipinski definition) is 1. The summed E-state index contributed by atoms with van der Waals surface area (Å²) in [4.78, 5) is 12.0. The third-order valence-corrected chi connectivity index (χ3v) is 3.21. The number of carbonyl (C=O) groups excluding carboxylic acids is 1. The Hall–Kier alpha value is -3.06. The van der Waals surface area contributed by atoms with E-state index >= 15 is 0 Å². The standard InChI is InChI=1S/C18H16N2O2/c1-3-10-20-18(21)14(12-19)11-16-15-7-5-4-6-13(15)8-9-17(16)22-2/h3-9,11H,1,10H2,2H3,(H,20,21)/b14-11+. The molecule has 0 aliphatic heterocycles. The molecule has 4 nitrogen and oxygen atoms in total. The van der Waals surface area contributed by atoms with Gasteiger partial charge in [0.05, 0.1) is 7.11 Å². The fourth-order valence-corrected chi connectivity index (χ4v) is 2.16. The number of amides is 1. The summed E-state index contributed by atoms with van der Waals surface area (Å²) in [6, 6.07) is 13.4. The molecule has 0 fully saturated rings. The van der Waals surface area contributed by atoms with E-state index in [0.717, 1.165) is 10.8 Å². The van der Waals surface area contributed by atoms with Gasteiger partial charge in [-0.15, -0.1) is 6.58 Å². The number of nitrogens with zero attached hydrogens (tertiary/aromatic N) is 1. The lowest BCUT2D eigenvalue weighted by molar-refractivity contribution is -0.116. The number of carbonyl (C=O) groups is 1. The van der Waals surface area contributed by atoms with E-state index in [1.807, 2.05) is 42.5 Å². The lowest BCUT2D eigenvalue weighted by atomic mass is 10.0. The summed E-state index contributed by atoms with van der Waals surface area (Å²) in [6.07, 6.45) is 3.12. The van der Waals surface area contributed by atoms with Crippen LogP contribution in [-0.4, -0.2) is 19.6 Å². The van der Waals surface area contributed by atoms with Gasteiger partial charge in [0.25, 0.3) is 5.91 Å². The molecule has 0 unspecified atom stereocenters. The number of hydrogen-bond acceptors (Lipinski definition) is 3. The first-order valence-electron chi connectivity index (χ1n) is 6.78. The minimum Gasteiger partial charge on any atom is -0.496 e. The van der Waals surface area contributed by atoms with Gasteiger partial charge in [-0.25, -0.2) is 0 Å². The van der Waals surface area contributed by atoms with E-state index in [1.165, 1.54) is 0 Å². The molecular formula is C18H16N2O2. The van der Waals surface area contributed by atoms with Crippen molar-refractivity contribution in [2.45, 2.75) is 0 Å². The van der Waals surface area contributed by atoms with Crippen molar-refractivity contribution >= 4 is 22.8 Å². The summed E-state index contributed by atoms with van der Waals surface area (Å²) in [5.41, 5.74) is 0.738. The number of benzene rings is 2. The Morgan fingerprint density at radius 2 is 2.14 bits per heavy atom. The maximum absolute atomic E-state index is 12.0.